The van der Waals surface area contributed by atoms with Crippen LogP contribution in [-0.2, 0) is 12.0 Å². The molecule has 0 unspecified atom stereocenters. The smallest absolute Gasteiger partial charge is 0.123 e. The number of halogens is 2. The van der Waals surface area contributed by atoms with E-state index in [-0.39, 0.29) is 23.2 Å². The van der Waals surface area contributed by atoms with Crippen LogP contribution in [0, 0.1) is 11.6 Å². The molecule has 1 saturated heterocycles. The summed E-state index contributed by atoms with van der Waals surface area (Å²) in [7, 11) is 0. The van der Waals surface area contributed by atoms with E-state index >= 15 is 0 Å². The lowest BCUT2D eigenvalue weighted by Gasteiger charge is -2.40. The van der Waals surface area contributed by atoms with Crippen LogP contribution in [0.15, 0.2) is 84.9 Å². The van der Waals surface area contributed by atoms with Crippen LogP contribution in [0.1, 0.15) is 50.1 Å². The molecule has 0 N–H and O–H groups in total. The molecular weight excluding hydrogens is 490 g/mol. The third-order valence-electron chi connectivity index (χ3n) is 7.54. The van der Waals surface area contributed by atoms with Crippen LogP contribution in [0.4, 0.5) is 8.78 Å². The maximum Gasteiger partial charge on any atom is 0.123 e. The predicted octanol–water partition coefficient (Wildman–Crippen LogP) is 6.92. The Labute approximate surface area is 230 Å². The summed E-state index contributed by atoms with van der Waals surface area (Å²) in [6, 6.07) is 26.0. The fourth-order valence-corrected chi connectivity index (χ4v) is 5.56. The number of aromatic nitrogens is 2. The summed E-state index contributed by atoms with van der Waals surface area (Å²) >= 11 is 0. The molecule has 0 atom stereocenters. The molecule has 0 bridgehead atoms. The van der Waals surface area contributed by atoms with Gasteiger partial charge in [0.15, 0.2) is 0 Å². The lowest BCUT2D eigenvalue weighted by Crippen LogP contribution is -2.48. The molecule has 0 spiro atoms. The topological polar surface area (TPSA) is 24.3 Å². The Kier molecular flexibility index (Phi) is 8.24. The van der Waals surface area contributed by atoms with Gasteiger partial charge in [-0.1, -0.05) is 54.6 Å². The van der Waals surface area contributed by atoms with Crippen LogP contribution in [0.3, 0.4) is 0 Å². The number of benzene rings is 3. The lowest BCUT2D eigenvalue weighted by atomic mass is 9.96. The number of piperazine rings is 1. The van der Waals surface area contributed by atoms with Crippen molar-refractivity contribution in [2.24, 2.45) is 0 Å². The van der Waals surface area contributed by atoms with Crippen molar-refractivity contribution < 1.29 is 8.78 Å². The van der Waals surface area contributed by atoms with Gasteiger partial charge in [0.05, 0.1) is 17.3 Å². The maximum atomic E-state index is 13.6. The van der Waals surface area contributed by atoms with Gasteiger partial charge in [-0.2, -0.15) is 5.10 Å². The SMILES string of the molecule is CC(C)(C)n1nc(-c2ccccc2)cc1CCCN1CCN(C(c2ccc(F)cc2)c2ccc(F)cc2)CC1. The molecule has 1 aliphatic heterocycles. The summed E-state index contributed by atoms with van der Waals surface area (Å²) < 4.78 is 29.5. The predicted molar refractivity (Wildman–Crippen MR) is 154 cm³/mol. The number of aryl methyl sites for hydroxylation is 1. The summed E-state index contributed by atoms with van der Waals surface area (Å²) in [6.45, 7) is 11.4. The molecule has 204 valence electrons. The summed E-state index contributed by atoms with van der Waals surface area (Å²) in [6.07, 6.45) is 2.04. The van der Waals surface area contributed by atoms with Crippen molar-refractivity contribution in [3.05, 3.63) is 113 Å². The fraction of sp³-hybridized carbons (Fsp3) is 0.364. The van der Waals surface area contributed by atoms with Gasteiger partial charge in [0.2, 0.25) is 0 Å². The first kappa shape index (κ1) is 27.2. The first-order valence-corrected chi connectivity index (χ1v) is 13.9. The third-order valence-corrected chi connectivity index (χ3v) is 7.54. The van der Waals surface area contributed by atoms with Gasteiger partial charge in [-0.3, -0.25) is 9.58 Å². The molecule has 0 radical (unpaired) electrons. The summed E-state index contributed by atoms with van der Waals surface area (Å²) in [5.74, 6) is -0.491. The van der Waals surface area contributed by atoms with E-state index in [1.165, 1.54) is 30.0 Å². The molecule has 2 heterocycles. The summed E-state index contributed by atoms with van der Waals surface area (Å²) in [5, 5.41) is 4.96. The molecule has 1 aromatic heterocycles. The fourth-order valence-electron chi connectivity index (χ4n) is 5.56. The van der Waals surface area contributed by atoms with Gasteiger partial charge in [0.25, 0.3) is 0 Å². The van der Waals surface area contributed by atoms with Crippen molar-refractivity contribution in [2.45, 2.75) is 45.2 Å². The minimum Gasteiger partial charge on any atom is -0.301 e. The Morgan fingerprint density at radius 2 is 1.33 bits per heavy atom. The molecule has 4 nitrogen and oxygen atoms in total. The Bertz CT molecular complexity index is 1290. The lowest BCUT2D eigenvalue weighted by molar-refractivity contribution is 0.108. The zero-order chi connectivity index (χ0) is 27.4. The number of nitrogens with zero attached hydrogens (tertiary/aromatic N) is 4. The van der Waals surface area contributed by atoms with Gasteiger partial charge in [0.1, 0.15) is 11.6 Å². The van der Waals surface area contributed by atoms with Crippen molar-refractivity contribution in [2.75, 3.05) is 32.7 Å². The number of rotatable bonds is 8. The van der Waals surface area contributed by atoms with Gasteiger partial charge in [-0.25, -0.2) is 8.78 Å². The minimum absolute atomic E-state index is 0.0223. The Morgan fingerprint density at radius 1 is 0.769 bits per heavy atom. The molecule has 1 aliphatic rings. The standard InChI is InChI=1S/C33H38F2N4/c1-33(2,3)39-30(24-31(36-39)25-8-5-4-6-9-25)10-7-19-37-20-22-38(23-21-37)32(26-11-15-28(34)16-12-26)27-13-17-29(35)18-14-27/h4-6,8-9,11-18,24,32H,7,10,19-23H2,1-3H3. The van der Waals surface area contributed by atoms with Gasteiger partial charge >= 0.3 is 0 Å². The first-order valence-electron chi connectivity index (χ1n) is 13.9. The minimum atomic E-state index is -0.245. The molecule has 1 fully saturated rings. The Morgan fingerprint density at radius 3 is 1.87 bits per heavy atom. The molecule has 4 aromatic rings. The molecule has 39 heavy (non-hydrogen) atoms. The molecule has 0 saturated carbocycles. The van der Waals surface area contributed by atoms with Crippen LogP contribution in [-0.4, -0.2) is 52.3 Å². The van der Waals surface area contributed by atoms with Crippen molar-refractivity contribution in [3.8, 4) is 11.3 Å². The van der Waals surface area contributed by atoms with E-state index in [1.807, 2.05) is 30.3 Å². The number of hydrogen-bond acceptors (Lipinski definition) is 3. The quantitative estimate of drug-likeness (QED) is 0.248. The highest BCUT2D eigenvalue weighted by molar-refractivity contribution is 5.59. The van der Waals surface area contributed by atoms with E-state index < -0.39 is 0 Å². The van der Waals surface area contributed by atoms with Crippen LogP contribution in [0.2, 0.25) is 0 Å². The van der Waals surface area contributed by atoms with Crippen molar-refractivity contribution >= 4 is 0 Å². The zero-order valence-corrected chi connectivity index (χ0v) is 23.2. The maximum absolute atomic E-state index is 13.6. The van der Waals surface area contributed by atoms with E-state index in [0.717, 1.165) is 67.9 Å². The monoisotopic (exact) mass is 528 g/mol. The summed E-state index contributed by atoms with van der Waals surface area (Å²) in [4.78, 5) is 4.95. The molecule has 3 aromatic carbocycles. The van der Waals surface area contributed by atoms with Crippen LogP contribution in [0.5, 0.6) is 0 Å². The van der Waals surface area contributed by atoms with Crippen molar-refractivity contribution in [1.29, 1.82) is 0 Å². The van der Waals surface area contributed by atoms with Crippen LogP contribution >= 0.6 is 0 Å². The normalized spacial score (nSPS) is 15.2. The molecule has 0 amide bonds. The largest absolute Gasteiger partial charge is 0.301 e. The second-order valence-corrected chi connectivity index (χ2v) is 11.5. The van der Waals surface area contributed by atoms with Crippen molar-refractivity contribution in [3.63, 3.8) is 0 Å². The van der Waals surface area contributed by atoms with E-state index in [1.54, 1.807) is 0 Å². The second-order valence-electron chi connectivity index (χ2n) is 11.5. The third kappa shape index (κ3) is 6.63. The average Bonchev–Trinajstić information content (AvgIpc) is 3.37. The second kappa shape index (κ2) is 11.8. The molecule has 5 rings (SSSR count). The van der Waals surface area contributed by atoms with Gasteiger partial charge in [-0.05, 0) is 81.6 Å². The van der Waals surface area contributed by atoms with Crippen molar-refractivity contribution in [1.82, 2.24) is 19.6 Å². The van der Waals surface area contributed by atoms with E-state index in [0.29, 0.717) is 0 Å². The molecular formula is C33H38F2N4. The van der Waals surface area contributed by atoms with E-state index in [4.69, 9.17) is 5.10 Å². The highest BCUT2D eigenvalue weighted by Gasteiger charge is 2.27. The number of hydrogen-bond donors (Lipinski definition) is 0. The summed E-state index contributed by atoms with van der Waals surface area (Å²) in [5.41, 5.74) is 5.43. The first-order chi connectivity index (χ1) is 18.8. The van der Waals surface area contributed by atoms with Gasteiger partial charge < -0.3 is 4.90 Å². The van der Waals surface area contributed by atoms with E-state index in [9.17, 15) is 8.78 Å². The van der Waals surface area contributed by atoms with Gasteiger partial charge in [0, 0.05) is 37.4 Å². The molecule has 0 aliphatic carbocycles. The Balaban J connectivity index is 1.22. The van der Waals surface area contributed by atoms with Crippen LogP contribution < -0.4 is 0 Å². The average molecular weight is 529 g/mol. The van der Waals surface area contributed by atoms with Crippen LogP contribution in [0.25, 0.3) is 11.3 Å². The Hall–Kier alpha value is -3.35. The molecule has 6 heteroatoms. The zero-order valence-electron chi connectivity index (χ0n) is 23.2. The van der Waals surface area contributed by atoms with E-state index in [2.05, 4.69) is 65.6 Å². The highest BCUT2D eigenvalue weighted by Crippen LogP contribution is 2.30. The highest BCUT2D eigenvalue weighted by atomic mass is 19.1. The van der Waals surface area contributed by atoms with Gasteiger partial charge in [-0.15, -0.1) is 0 Å².